The number of hydrogen-bond donors (Lipinski definition) is 0. The maximum atomic E-state index is 12.9. The monoisotopic (exact) mass is 491 g/mol. The van der Waals surface area contributed by atoms with Crippen LogP contribution in [0.5, 0.6) is 0 Å². The fourth-order valence-electron chi connectivity index (χ4n) is 3.89. The molecule has 186 valence electrons. The van der Waals surface area contributed by atoms with Gasteiger partial charge in [-0.25, -0.2) is 9.59 Å². The van der Waals surface area contributed by atoms with Crippen LogP contribution in [0.1, 0.15) is 39.5 Å². The van der Waals surface area contributed by atoms with Crippen molar-refractivity contribution in [2.45, 2.75) is 26.0 Å². The van der Waals surface area contributed by atoms with Gasteiger partial charge in [-0.2, -0.15) is 0 Å². The van der Waals surface area contributed by atoms with E-state index in [2.05, 4.69) is 0 Å². The van der Waals surface area contributed by atoms with Crippen molar-refractivity contribution >= 4 is 17.7 Å². The average molecular weight is 492 g/mol. The molecule has 0 aliphatic rings. The van der Waals surface area contributed by atoms with Gasteiger partial charge in [0.25, 0.3) is 0 Å². The third-order valence-electron chi connectivity index (χ3n) is 5.77. The van der Waals surface area contributed by atoms with Crippen LogP contribution in [0.4, 0.5) is 0 Å². The highest BCUT2D eigenvalue weighted by Gasteiger charge is 2.22. The smallest absolute Gasteiger partial charge is 0.338 e. The largest absolute Gasteiger partial charge is 0.464 e. The number of hydrogen-bond acceptors (Lipinski definition) is 5. The molecule has 4 aromatic rings. The van der Waals surface area contributed by atoms with E-state index in [9.17, 15) is 9.59 Å². The Kier molecular flexibility index (Phi) is 8.97. The van der Waals surface area contributed by atoms with Crippen LogP contribution in [-0.2, 0) is 27.3 Å². The molecule has 0 saturated carbocycles. The maximum Gasteiger partial charge on any atom is 0.338 e. The summed E-state index contributed by atoms with van der Waals surface area (Å²) in [5.74, 6) is -0.788. The lowest BCUT2D eigenvalue weighted by molar-refractivity contribution is -0.144. The van der Waals surface area contributed by atoms with Crippen molar-refractivity contribution in [3.8, 4) is 0 Å². The molecule has 0 N–H and O–H groups in total. The summed E-state index contributed by atoms with van der Waals surface area (Å²) in [4.78, 5) is 30.3. The SMILES string of the molecule is CCOC(=O)C(Cc1ccc(C(=O)OCc2ccccc2)cc1)N=C(c1ccccc1)c1ccccc1. The summed E-state index contributed by atoms with van der Waals surface area (Å²) in [6.45, 7) is 2.26. The number of carbonyl (C=O) groups excluding carboxylic acids is 2. The Bertz CT molecular complexity index is 1280. The molecule has 0 heterocycles. The van der Waals surface area contributed by atoms with Gasteiger partial charge >= 0.3 is 11.9 Å². The molecule has 5 nitrogen and oxygen atoms in total. The lowest BCUT2D eigenvalue weighted by Gasteiger charge is -2.15. The number of benzene rings is 4. The number of aliphatic imine (C=N–C) groups is 1. The van der Waals surface area contributed by atoms with E-state index in [0.717, 1.165) is 28.0 Å². The van der Waals surface area contributed by atoms with Crippen LogP contribution in [0.3, 0.4) is 0 Å². The summed E-state index contributed by atoms with van der Waals surface area (Å²) in [7, 11) is 0. The predicted molar refractivity (Wildman–Crippen MR) is 145 cm³/mol. The molecule has 0 spiro atoms. The average Bonchev–Trinajstić information content (AvgIpc) is 2.96. The molecular formula is C32H29NO4. The van der Waals surface area contributed by atoms with E-state index in [4.69, 9.17) is 14.5 Å². The van der Waals surface area contributed by atoms with Gasteiger partial charge in [0.2, 0.25) is 0 Å². The number of esters is 2. The Hall–Kier alpha value is -4.51. The summed E-state index contributed by atoms with van der Waals surface area (Å²) in [6.07, 6.45) is 0.335. The zero-order chi connectivity index (χ0) is 25.9. The topological polar surface area (TPSA) is 65.0 Å². The molecule has 0 bridgehead atoms. The predicted octanol–water partition coefficient (Wildman–Crippen LogP) is 6.06. The summed E-state index contributed by atoms with van der Waals surface area (Å²) in [5.41, 5.74) is 4.79. The molecule has 1 unspecified atom stereocenters. The summed E-state index contributed by atoms with van der Waals surface area (Å²) < 4.78 is 10.8. The molecule has 0 saturated heterocycles. The Morgan fingerprint density at radius 3 is 1.73 bits per heavy atom. The van der Waals surface area contributed by atoms with E-state index in [1.165, 1.54) is 0 Å². The summed E-state index contributed by atoms with van der Waals surface area (Å²) >= 11 is 0. The fourth-order valence-corrected chi connectivity index (χ4v) is 3.89. The van der Waals surface area contributed by atoms with Crippen molar-refractivity contribution < 1.29 is 19.1 Å². The Morgan fingerprint density at radius 1 is 0.649 bits per heavy atom. The van der Waals surface area contributed by atoms with Crippen LogP contribution in [0.25, 0.3) is 0 Å². The third-order valence-corrected chi connectivity index (χ3v) is 5.77. The van der Waals surface area contributed by atoms with Crippen molar-refractivity contribution in [2.75, 3.05) is 6.61 Å². The van der Waals surface area contributed by atoms with E-state index in [1.807, 2.05) is 103 Å². The third kappa shape index (κ3) is 7.24. The summed E-state index contributed by atoms with van der Waals surface area (Å²) in [5, 5.41) is 0. The first-order chi connectivity index (χ1) is 18.1. The molecule has 4 aromatic carbocycles. The van der Waals surface area contributed by atoms with Gasteiger partial charge in [0, 0.05) is 17.5 Å². The van der Waals surface area contributed by atoms with Gasteiger partial charge in [0.05, 0.1) is 17.9 Å². The van der Waals surface area contributed by atoms with E-state index in [0.29, 0.717) is 12.0 Å². The lowest BCUT2D eigenvalue weighted by Crippen LogP contribution is -2.26. The molecule has 0 amide bonds. The normalized spacial score (nSPS) is 11.3. The minimum atomic E-state index is -0.744. The fraction of sp³-hybridized carbons (Fsp3) is 0.156. The second-order valence-corrected chi connectivity index (χ2v) is 8.44. The van der Waals surface area contributed by atoms with Crippen LogP contribution in [0, 0.1) is 0 Å². The second kappa shape index (κ2) is 13.0. The van der Waals surface area contributed by atoms with Crippen LogP contribution < -0.4 is 0 Å². The molecule has 0 aliphatic heterocycles. The second-order valence-electron chi connectivity index (χ2n) is 8.44. The Morgan fingerprint density at radius 2 is 1.19 bits per heavy atom. The minimum absolute atomic E-state index is 0.211. The molecule has 0 aromatic heterocycles. The molecular weight excluding hydrogens is 462 g/mol. The molecule has 0 fully saturated rings. The number of rotatable bonds is 10. The van der Waals surface area contributed by atoms with E-state index in [1.54, 1.807) is 19.1 Å². The summed E-state index contributed by atoms with van der Waals surface area (Å²) in [6, 6.07) is 35.5. The van der Waals surface area contributed by atoms with Crippen LogP contribution in [0.2, 0.25) is 0 Å². The van der Waals surface area contributed by atoms with Crippen molar-refractivity contribution in [3.63, 3.8) is 0 Å². The molecule has 1 atom stereocenters. The standard InChI is InChI=1S/C32H29NO4/c1-2-36-32(35)29(33-30(26-14-8-4-9-15-26)27-16-10-5-11-17-27)22-24-18-20-28(21-19-24)31(34)37-23-25-12-6-3-7-13-25/h3-21,29H,2,22-23H2,1H3. The van der Waals surface area contributed by atoms with Gasteiger partial charge in [-0.15, -0.1) is 0 Å². The first-order valence-corrected chi connectivity index (χ1v) is 12.3. The number of carbonyl (C=O) groups is 2. The molecule has 4 rings (SSSR count). The highest BCUT2D eigenvalue weighted by molar-refractivity contribution is 6.13. The van der Waals surface area contributed by atoms with Crippen LogP contribution >= 0.6 is 0 Å². The van der Waals surface area contributed by atoms with E-state index >= 15 is 0 Å². The van der Waals surface area contributed by atoms with Crippen LogP contribution in [0.15, 0.2) is 120 Å². The zero-order valence-corrected chi connectivity index (χ0v) is 20.7. The van der Waals surface area contributed by atoms with E-state index < -0.39 is 18.0 Å². The zero-order valence-electron chi connectivity index (χ0n) is 20.7. The van der Waals surface area contributed by atoms with E-state index in [-0.39, 0.29) is 13.2 Å². The van der Waals surface area contributed by atoms with Crippen molar-refractivity contribution in [2.24, 2.45) is 4.99 Å². The van der Waals surface area contributed by atoms with Gasteiger partial charge in [-0.05, 0) is 30.2 Å². The molecule has 37 heavy (non-hydrogen) atoms. The minimum Gasteiger partial charge on any atom is -0.464 e. The van der Waals surface area contributed by atoms with Gasteiger partial charge < -0.3 is 9.47 Å². The van der Waals surface area contributed by atoms with Crippen molar-refractivity contribution in [3.05, 3.63) is 143 Å². The number of ether oxygens (including phenoxy) is 2. The quantitative estimate of drug-likeness (QED) is 0.200. The Labute approximate surface area is 217 Å². The first kappa shape index (κ1) is 25.6. The molecule has 0 aliphatic carbocycles. The molecule has 0 radical (unpaired) electrons. The highest BCUT2D eigenvalue weighted by Crippen LogP contribution is 2.17. The molecule has 5 heteroatoms. The van der Waals surface area contributed by atoms with Crippen molar-refractivity contribution in [1.82, 2.24) is 0 Å². The van der Waals surface area contributed by atoms with Gasteiger partial charge in [0.1, 0.15) is 6.61 Å². The number of nitrogens with zero attached hydrogens (tertiary/aromatic N) is 1. The van der Waals surface area contributed by atoms with Gasteiger partial charge in [-0.3, -0.25) is 4.99 Å². The highest BCUT2D eigenvalue weighted by atomic mass is 16.5. The van der Waals surface area contributed by atoms with Gasteiger partial charge in [0.15, 0.2) is 6.04 Å². The Balaban J connectivity index is 1.55. The lowest BCUT2D eigenvalue weighted by atomic mass is 10.0. The first-order valence-electron chi connectivity index (χ1n) is 12.3. The maximum absolute atomic E-state index is 12.9. The van der Waals surface area contributed by atoms with Crippen LogP contribution in [-0.4, -0.2) is 30.3 Å². The van der Waals surface area contributed by atoms with Gasteiger partial charge in [-0.1, -0.05) is 103 Å². The van der Waals surface area contributed by atoms with Crippen molar-refractivity contribution in [1.29, 1.82) is 0 Å².